The number of nitrogens with zero attached hydrogens (tertiary/aromatic N) is 4. The summed E-state index contributed by atoms with van der Waals surface area (Å²) in [5, 5.41) is 3.74. The van der Waals surface area contributed by atoms with Crippen molar-refractivity contribution in [2.45, 2.75) is 6.42 Å². The van der Waals surface area contributed by atoms with Crippen molar-refractivity contribution in [3.63, 3.8) is 0 Å². The lowest BCUT2D eigenvalue weighted by Crippen LogP contribution is -2.50. The van der Waals surface area contributed by atoms with Crippen LogP contribution in [0.2, 0.25) is 0 Å². The first-order valence-corrected chi connectivity index (χ1v) is 10.9. The highest BCUT2D eigenvalue weighted by molar-refractivity contribution is 7.09. The molecule has 1 aliphatic rings. The topological polar surface area (TPSA) is 79.8 Å². The van der Waals surface area contributed by atoms with E-state index in [2.05, 4.69) is 19.6 Å². The fourth-order valence-corrected chi connectivity index (χ4v) is 4.16. The summed E-state index contributed by atoms with van der Waals surface area (Å²) in [7, 11) is 3.13. The number of hydrogen-bond acceptors (Lipinski definition) is 7. The van der Waals surface area contributed by atoms with Gasteiger partial charge in [-0.15, -0.1) is 0 Å². The molecular formula is C22H24FN5O3S. The zero-order chi connectivity index (χ0) is 22.5. The molecule has 10 heteroatoms. The van der Waals surface area contributed by atoms with Crippen LogP contribution in [0.1, 0.15) is 11.4 Å². The zero-order valence-electron chi connectivity index (χ0n) is 17.9. The summed E-state index contributed by atoms with van der Waals surface area (Å²) in [5.41, 5.74) is 1.56. The van der Waals surface area contributed by atoms with Gasteiger partial charge in [0.25, 0.3) is 0 Å². The standard InChI is InChI=1S/C22H24FN5O3S/c1-30-17-7-8-18(19(14-17)31-2)24-21(29)27-9-11-28(12-10-27)22-25-20(26-32-22)13-15-3-5-16(23)6-4-15/h3-8,14H,9-13H2,1-2H3,(H,24,29). The normalized spacial score (nSPS) is 13.7. The molecule has 4 rings (SSSR count). The van der Waals surface area contributed by atoms with E-state index in [9.17, 15) is 9.18 Å². The number of anilines is 2. The highest BCUT2D eigenvalue weighted by Crippen LogP contribution is 2.29. The zero-order valence-corrected chi connectivity index (χ0v) is 18.7. The van der Waals surface area contributed by atoms with Crippen molar-refractivity contribution in [3.8, 4) is 11.5 Å². The first-order chi connectivity index (χ1) is 15.6. The highest BCUT2D eigenvalue weighted by Gasteiger charge is 2.24. The van der Waals surface area contributed by atoms with E-state index in [0.29, 0.717) is 55.6 Å². The molecule has 1 saturated heterocycles. The summed E-state index contributed by atoms with van der Waals surface area (Å²) in [6, 6.07) is 11.4. The number of rotatable bonds is 6. The molecule has 32 heavy (non-hydrogen) atoms. The molecule has 3 aromatic rings. The van der Waals surface area contributed by atoms with Crippen molar-refractivity contribution >= 4 is 28.4 Å². The number of piperazine rings is 1. The van der Waals surface area contributed by atoms with Gasteiger partial charge < -0.3 is 24.6 Å². The molecule has 1 aliphatic heterocycles. The van der Waals surface area contributed by atoms with Gasteiger partial charge in [-0.3, -0.25) is 0 Å². The van der Waals surface area contributed by atoms with E-state index in [0.717, 1.165) is 10.7 Å². The SMILES string of the molecule is COc1ccc(NC(=O)N2CCN(c3nc(Cc4ccc(F)cc4)ns3)CC2)c(OC)c1. The lowest BCUT2D eigenvalue weighted by molar-refractivity contribution is 0.208. The van der Waals surface area contributed by atoms with Gasteiger partial charge in [-0.25, -0.2) is 14.2 Å². The number of benzene rings is 2. The quantitative estimate of drug-likeness (QED) is 0.609. The Morgan fingerprint density at radius 3 is 2.53 bits per heavy atom. The molecule has 2 aromatic carbocycles. The van der Waals surface area contributed by atoms with Crippen molar-refractivity contribution in [1.29, 1.82) is 0 Å². The van der Waals surface area contributed by atoms with Crippen LogP contribution < -0.4 is 19.7 Å². The number of carbonyl (C=O) groups is 1. The van der Waals surface area contributed by atoms with Crippen LogP contribution in [-0.2, 0) is 6.42 Å². The Morgan fingerprint density at radius 1 is 1.09 bits per heavy atom. The molecule has 0 atom stereocenters. The van der Waals surface area contributed by atoms with Crippen LogP contribution in [-0.4, -0.2) is 60.7 Å². The van der Waals surface area contributed by atoms with Crippen LogP contribution in [0.3, 0.4) is 0 Å². The molecule has 0 aliphatic carbocycles. The third-order valence-corrected chi connectivity index (χ3v) is 6.04. The first-order valence-electron chi connectivity index (χ1n) is 10.2. The maximum absolute atomic E-state index is 13.1. The summed E-state index contributed by atoms with van der Waals surface area (Å²) in [5.74, 6) is 1.65. The molecule has 0 saturated carbocycles. The number of hydrogen-bond donors (Lipinski definition) is 1. The molecule has 0 spiro atoms. The van der Waals surface area contributed by atoms with Crippen LogP contribution in [0.5, 0.6) is 11.5 Å². The van der Waals surface area contributed by atoms with Crippen LogP contribution in [0.25, 0.3) is 0 Å². The monoisotopic (exact) mass is 457 g/mol. The second-order valence-electron chi connectivity index (χ2n) is 7.27. The number of ether oxygens (including phenoxy) is 2. The Morgan fingerprint density at radius 2 is 1.84 bits per heavy atom. The van der Waals surface area contributed by atoms with Gasteiger partial charge in [0.15, 0.2) is 0 Å². The Balaban J connectivity index is 1.32. The van der Waals surface area contributed by atoms with E-state index in [1.165, 1.54) is 23.7 Å². The Kier molecular flexibility index (Phi) is 6.69. The van der Waals surface area contributed by atoms with E-state index in [-0.39, 0.29) is 11.8 Å². The maximum atomic E-state index is 13.1. The van der Waals surface area contributed by atoms with E-state index in [1.807, 2.05) is 0 Å². The Hall–Kier alpha value is -3.40. The lowest BCUT2D eigenvalue weighted by atomic mass is 10.1. The molecule has 0 unspecified atom stereocenters. The summed E-state index contributed by atoms with van der Waals surface area (Å²) >= 11 is 1.34. The maximum Gasteiger partial charge on any atom is 0.322 e. The molecule has 2 amide bonds. The molecule has 8 nitrogen and oxygen atoms in total. The predicted molar refractivity (Wildman–Crippen MR) is 121 cm³/mol. The Bertz CT molecular complexity index is 1070. The number of amides is 2. The average Bonchev–Trinajstić information content (AvgIpc) is 3.29. The third kappa shape index (κ3) is 5.08. The smallest absolute Gasteiger partial charge is 0.322 e. The van der Waals surface area contributed by atoms with Crippen molar-refractivity contribution in [2.75, 3.05) is 50.6 Å². The van der Waals surface area contributed by atoms with Crippen LogP contribution in [0.15, 0.2) is 42.5 Å². The molecule has 2 heterocycles. The average molecular weight is 458 g/mol. The van der Waals surface area contributed by atoms with Crippen molar-refractivity contribution in [1.82, 2.24) is 14.3 Å². The highest BCUT2D eigenvalue weighted by atomic mass is 32.1. The van der Waals surface area contributed by atoms with Crippen molar-refractivity contribution in [3.05, 3.63) is 59.7 Å². The number of carbonyl (C=O) groups excluding carboxylic acids is 1. The van der Waals surface area contributed by atoms with Gasteiger partial charge >= 0.3 is 6.03 Å². The summed E-state index contributed by atoms with van der Waals surface area (Å²) in [6.45, 7) is 2.46. The minimum absolute atomic E-state index is 0.178. The van der Waals surface area contributed by atoms with Gasteiger partial charge in [0.05, 0.1) is 19.9 Å². The molecule has 168 valence electrons. The number of aromatic nitrogens is 2. The minimum Gasteiger partial charge on any atom is -0.497 e. The number of methoxy groups -OCH3 is 2. The first kappa shape index (κ1) is 21.8. The molecule has 1 fully saturated rings. The second-order valence-corrected chi connectivity index (χ2v) is 8.00. The van der Waals surface area contributed by atoms with E-state index in [4.69, 9.17) is 9.47 Å². The second kappa shape index (κ2) is 9.82. The van der Waals surface area contributed by atoms with Gasteiger partial charge in [0.2, 0.25) is 5.13 Å². The fraction of sp³-hybridized carbons (Fsp3) is 0.318. The van der Waals surface area contributed by atoms with Gasteiger partial charge in [0.1, 0.15) is 23.1 Å². The van der Waals surface area contributed by atoms with Crippen LogP contribution >= 0.6 is 11.5 Å². The van der Waals surface area contributed by atoms with E-state index >= 15 is 0 Å². The van der Waals surface area contributed by atoms with Gasteiger partial charge in [-0.05, 0) is 29.8 Å². The molecule has 1 N–H and O–H groups in total. The van der Waals surface area contributed by atoms with Gasteiger partial charge in [-0.2, -0.15) is 4.37 Å². The van der Waals surface area contributed by atoms with Crippen molar-refractivity contribution < 1.29 is 18.7 Å². The lowest BCUT2D eigenvalue weighted by Gasteiger charge is -2.34. The number of urea groups is 1. The molecule has 0 bridgehead atoms. The number of halogens is 1. The van der Waals surface area contributed by atoms with Gasteiger partial charge in [0, 0.05) is 50.2 Å². The molecule has 0 radical (unpaired) electrons. The molecule has 1 aromatic heterocycles. The van der Waals surface area contributed by atoms with E-state index < -0.39 is 0 Å². The summed E-state index contributed by atoms with van der Waals surface area (Å²) < 4.78 is 28.0. The fourth-order valence-electron chi connectivity index (χ4n) is 3.43. The van der Waals surface area contributed by atoms with Gasteiger partial charge in [-0.1, -0.05) is 12.1 Å². The summed E-state index contributed by atoms with van der Waals surface area (Å²) in [6.07, 6.45) is 0.558. The molecular weight excluding hydrogens is 433 g/mol. The predicted octanol–water partition coefficient (Wildman–Crippen LogP) is 3.64. The Labute approximate surface area is 189 Å². The third-order valence-electron chi connectivity index (χ3n) is 5.22. The largest absolute Gasteiger partial charge is 0.497 e. The number of nitrogens with one attached hydrogen (secondary N) is 1. The van der Waals surface area contributed by atoms with Crippen LogP contribution in [0.4, 0.5) is 20.0 Å². The van der Waals surface area contributed by atoms with Crippen molar-refractivity contribution in [2.24, 2.45) is 0 Å². The van der Waals surface area contributed by atoms with E-state index in [1.54, 1.807) is 49.5 Å². The summed E-state index contributed by atoms with van der Waals surface area (Å²) in [4.78, 5) is 21.2. The van der Waals surface area contributed by atoms with Crippen LogP contribution in [0, 0.1) is 5.82 Å². The minimum atomic E-state index is -0.256.